The summed E-state index contributed by atoms with van der Waals surface area (Å²) in [6, 6.07) is 1.32. The first-order valence-corrected chi connectivity index (χ1v) is 14.9. The summed E-state index contributed by atoms with van der Waals surface area (Å²) in [5, 5.41) is 10.6. The van der Waals surface area contributed by atoms with E-state index in [1.165, 1.54) is 29.5 Å². The van der Waals surface area contributed by atoms with Crippen LogP contribution in [0, 0.1) is 0 Å². The third kappa shape index (κ3) is 6.79. The normalized spacial score (nSPS) is 28.3. The van der Waals surface area contributed by atoms with Gasteiger partial charge in [0.1, 0.15) is 42.2 Å². The Labute approximate surface area is 229 Å². The fourth-order valence-electron chi connectivity index (χ4n) is 4.47. The van der Waals surface area contributed by atoms with E-state index in [1.54, 1.807) is 0 Å². The Hall–Kier alpha value is -2.87. The molecule has 7 atom stereocenters. The van der Waals surface area contributed by atoms with Crippen molar-refractivity contribution in [3.63, 3.8) is 0 Å². The standard InChI is InChI=1S/C19H26N8O12P2/c20-13-1-2-26(19(29)25-13)14-4-11(12(38-14)6-35-40(30,31)32)39-41(33,34)36-5-9-3-10(28)18(37-9)27-8-24-15-16(21)22-7-23-17(15)27/h1-2,7-12,14,18,28H,3-6H2,(H,33,34)(H2,20,25,29)(H2,21,22,23)(H2,30,31,32)/t9-,10+,11-,12+,14+,18+/m0/s1. The summed E-state index contributed by atoms with van der Waals surface area (Å²) < 4.78 is 52.8. The van der Waals surface area contributed by atoms with Crippen LogP contribution < -0.4 is 17.2 Å². The number of phosphoric ester groups is 2. The summed E-state index contributed by atoms with van der Waals surface area (Å²) >= 11 is 0. The number of aliphatic hydroxyl groups excluding tert-OH is 1. The fraction of sp³-hybridized carbons (Fsp3) is 0.526. The number of aliphatic hydroxyl groups is 1. The van der Waals surface area contributed by atoms with Crippen molar-refractivity contribution < 1.29 is 52.0 Å². The van der Waals surface area contributed by atoms with E-state index in [4.69, 9.17) is 39.8 Å². The molecule has 41 heavy (non-hydrogen) atoms. The number of fused-ring (bicyclic) bond motifs is 1. The van der Waals surface area contributed by atoms with Crippen molar-refractivity contribution in [3.05, 3.63) is 35.4 Å². The topological polar surface area (TPSA) is 292 Å². The van der Waals surface area contributed by atoms with Gasteiger partial charge in [0.2, 0.25) is 0 Å². The number of nitrogens with two attached hydrogens (primary N) is 2. The van der Waals surface area contributed by atoms with Crippen LogP contribution in [-0.4, -0.2) is 86.5 Å². The zero-order valence-corrected chi connectivity index (χ0v) is 22.7. The number of hydrogen-bond acceptors (Lipinski definition) is 15. The van der Waals surface area contributed by atoms with E-state index in [1.807, 2.05) is 0 Å². The molecular formula is C19H26N8O12P2. The Bertz CT molecular complexity index is 1560. The van der Waals surface area contributed by atoms with Gasteiger partial charge in [0.25, 0.3) is 0 Å². The lowest BCUT2D eigenvalue weighted by Crippen LogP contribution is -2.29. The molecule has 20 nitrogen and oxygen atoms in total. The van der Waals surface area contributed by atoms with E-state index in [2.05, 4.69) is 24.5 Å². The van der Waals surface area contributed by atoms with E-state index >= 15 is 0 Å². The number of aromatic nitrogens is 6. The summed E-state index contributed by atoms with van der Waals surface area (Å²) in [7, 11) is -9.79. The van der Waals surface area contributed by atoms with E-state index in [0.717, 1.165) is 4.57 Å². The van der Waals surface area contributed by atoms with Crippen molar-refractivity contribution in [1.29, 1.82) is 0 Å². The Balaban J connectivity index is 1.24. The predicted octanol–water partition coefficient (Wildman–Crippen LogP) is -1.20. The Morgan fingerprint density at radius 2 is 1.83 bits per heavy atom. The van der Waals surface area contributed by atoms with E-state index in [0.29, 0.717) is 11.2 Å². The molecule has 0 bridgehead atoms. The lowest BCUT2D eigenvalue weighted by atomic mass is 10.2. The molecule has 0 aromatic carbocycles. The molecule has 3 aromatic rings. The smallest absolute Gasteiger partial charge is 0.388 e. The third-order valence-corrected chi connectivity index (χ3v) is 7.77. The molecule has 224 valence electrons. The van der Waals surface area contributed by atoms with Crippen LogP contribution in [-0.2, 0) is 32.2 Å². The zero-order chi connectivity index (χ0) is 29.5. The molecular weight excluding hydrogens is 594 g/mol. The number of ether oxygens (including phenoxy) is 2. The maximum absolute atomic E-state index is 12.8. The van der Waals surface area contributed by atoms with Crippen LogP contribution in [0.15, 0.2) is 29.7 Å². The van der Waals surface area contributed by atoms with Gasteiger partial charge in [0.15, 0.2) is 17.7 Å². The quantitative estimate of drug-likeness (QED) is 0.145. The van der Waals surface area contributed by atoms with Gasteiger partial charge in [-0.3, -0.25) is 22.7 Å². The van der Waals surface area contributed by atoms with Crippen molar-refractivity contribution in [2.45, 2.75) is 49.7 Å². The van der Waals surface area contributed by atoms with E-state index in [9.17, 15) is 23.9 Å². The van der Waals surface area contributed by atoms with E-state index in [-0.39, 0.29) is 24.5 Å². The summed E-state index contributed by atoms with van der Waals surface area (Å²) in [4.78, 5) is 56.5. The van der Waals surface area contributed by atoms with Gasteiger partial charge in [0.05, 0.1) is 25.6 Å². The summed E-state index contributed by atoms with van der Waals surface area (Å²) in [6.07, 6.45) is -2.88. The molecule has 0 saturated carbocycles. The van der Waals surface area contributed by atoms with Crippen LogP contribution in [0.3, 0.4) is 0 Å². The number of anilines is 2. The van der Waals surface area contributed by atoms with Gasteiger partial charge >= 0.3 is 21.3 Å². The first-order chi connectivity index (χ1) is 19.3. The number of hydrogen-bond donors (Lipinski definition) is 6. The highest BCUT2D eigenvalue weighted by atomic mass is 31.2. The maximum atomic E-state index is 12.8. The first kappa shape index (κ1) is 29.6. The maximum Gasteiger partial charge on any atom is 0.472 e. The minimum absolute atomic E-state index is 0.0192. The molecule has 22 heteroatoms. The van der Waals surface area contributed by atoms with Crippen LogP contribution >= 0.6 is 15.6 Å². The van der Waals surface area contributed by atoms with Crippen LogP contribution in [0.1, 0.15) is 25.3 Å². The Morgan fingerprint density at radius 3 is 2.56 bits per heavy atom. The van der Waals surface area contributed by atoms with Gasteiger partial charge in [-0.1, -0.05) is 0 Å². The van der Waals surface area contributed by atoms with E-state index < -0.39 is 71.4 Å². The average Bonchev–Trinajstić information content (AvgIpc) is 3.58. The monoisotopic (exact) mass is 620 g/mol. The molecule has 3 aromatic heterocycles. The molecule has 2 fully saturated rings. The largest absolute Gasteiger partial charge is 0.472 e. The van der Waals surface area contributed by atoms with Crippen LogP contribution in [0.4, 0.5) is 11.6 Å². The first-order valence-electron chi connectivity index (χ1n) is 11.9. The predicted molar refractivity (Wildman–Crippen MR) is 134 cm³/mol. The number of nitrogen functional groups attached to an aromatic ring is 2. The Kier molecular flexibility index (Phi) is 8.25. The number of phosphoric acid groups is 2. The summed E-state index contributed by atoms with van der Waals surface area (Å²) in [5.74, 6) is 0.0893. The van der Waals surface area contributed by atoms with Crippen LogP contribution in [0.2, 0.25) is 0 Å². The summed E-state index contributed by atoms with van der Waals surface area (Å²) in [5.41, 5.74) is 11.1. The molecule has 0 radical (unpaired) electrons. The highest BCUT2D eigenvalue weighted by Crippen LogP contribution is 2.49. The van der Waals surface area contributed by atoms with Crippen molar-refractivity contribution >= 4 is 38.4 Å². The molecule has 0 amide bonds. The highest BCUT2D eigenvalue weighted by molar-refractivity contribution is 7.47. The van der Waals surface area contributed by atoms with Gasteiger partial charge in [0, 0.05) is 19.0 Å². The van der Waals surface area contributed by atoms with Crippen molar-refractivity contribution in [1.82, 2.24) is 29.1 Å². The molecule has 2 saturated heterocycles. The minimum atomic E-state index is -4.94. The summed E-state index contributed by atoms with van der Waals surface area (Å²) in [6.45, 7) is -1.22. The van der Waals surface area contributed by atoms with Gasteiger partial charge in [-0.15, -0.1) is 0 Å². The zero-order valence-electron chi connectivity index (χ0n) is 20.9. The second-order valence-corrected chi connectivity index (χ2v) is 11.8. The molecule has 1 unspecified atom stereocenters. The molecule has 0 spiro atoms. The number of rotatable bonds is 10. The van der Waals surface area contributed by atoms with Crippen molar-refractivity contribution in [2.75, 3.05) is 24.7 Å². The van der Waals surface area contributed by atoms with Gasteiger partial charge in [-0.2, -0.15) is 4.98 Å². The van der Waals surface area contributed by atoms with Crippen LogP contribution in [0.5, 0.6) is 0 Å². The van der Waals surface area contributed by atoms with Gasteiger partial charge in [-0.05, 0) is 6.07 Å². The third-order valence-electron chi connectivity index (χ3n) is 6.27. The second-order valence-electron chi connectivity index (χ2n) is 9.14. The Morgan fingerprint density at radius 1 is 1.05 bits per heavy atom. The van der Waals surface area contributed by atoms with Crippen molar-refractivity contribution in [2.24, 2.45) is 0 Å². The molecule has 8 N–H and O–H groups in total. The lowest BCUT2D eigenvalue weighted by Gasteiger charge is -2.22. The number of nitrogens with zero attached hydrogens (tertiary/aromatic N) is 6. The second kappa shape index (κ2) is 11.4. The molecule has 2 aliphatic rings. The van der Waals surface area contributed by atoms with Gasteiger partial charge < -0.3 is 40.7 Å². The van der Waals surface area contributed by atoms with Crippen molar-refractivity contribution in [3.8, 4) is 0 Å². The average molecular weight is 620 g/mol. The lowest BCUT2D eigenvalue weighted by molar-refractivity contribution is -0.0562. The molecule has 2 aliphatic heterocycles. The molecule has 5 rings (SSSR count). The number of imidazole rings is 1. The molecule has 5 heterocycles. The van der Waals surface area contributed by atoms with Gasteiger partial charge in [-0.25, -0.2) is 28.9 Å². The molecule has 0 aliphatic carbocycles. The highest BCUT2D eigenvalue weighted by Gasteiger charge is 2.44. The van der Waals surface area contributed by atoms with Crippen LogP contribution in [0.25, 0.3) is 11.2 Å². The SMILES string of the molecule is Nc1ccn([C@H]2C[C@H](OP(=O)(O)OC[C@@H]3C[C@@H](O)[C@H](n4cnc5c(N)ncnc54)O3)[C@@H](COP(=O)(O)O)O2)c(=O)n1. The fourth-order valence-corrected chi connectivity index (χ4v) is 5.79. The minimum Gasteiger partial charge on any atom is -0.388 e.